The van der Waals surface area contributed by atoms with Crippen LogP contribution in [0.5, 0.6) is 5.75 Å². The molecule has 11 heteroatoms. The number of amides is 1. The fraction of sp³-hybridized carbons (Fsp3) is 0.316. The van der Waals surface area contributed by atoms with Crippen LogP contribution in [0.2, 0.25) is 5.02 Å². The van der Waals surface area contributed by atoms with Crippen molar-refractivity contribution in [2.24, 2.45) is 0 Å². The summed E-state index contributed by atoms with van der Waals surface area (Å²) in [6.45, 7) is 1.56. The first-order chi connectivity index (χ1) is 13.9. The highest BCUT2D eigenvalue weighted by atomic mass is 35.5. The summed E-state index contributed by atoms with van der Waals surface area (Å²) in [5.74, 6) is -0.637. The Morgan fingerprint density at radius 1 is 1.07 bits per heavy atom. The number of phenols is 1. The fourth-order valence-electron chi connectivity index (χ4n) is 3.14. The minimum atomic E-state index is -4.71. The molecule has 2 aromatic rings. The monoisotopic (exact) mass is 462 g/mol. The van der Waals surface area contributed by atoms with Crippen LogP contribution in [-0.2, 0) is 16.2 Å². The van der Waals surface area contributed by atoms with Gasteiger partial charge in [0.25, 0.3) is 5.91 Å². The van der Waals surface area contributed by atoms with Gasteiger partial charge in [0.05, 0.1) is 16.1 Å². The summed E-state index contributed by atoms with van der Waals surface area (Å²) < 4.78 is 65.6. The first-order valence-electron chi connectivity index (χ1n) is 8.87. The van der Waals surface area contributed by atoms with Crippen molar-refractivity contribution in [3.8, 4) is 5.75 Å². The van der Waals surface area contributed by atoms with Gasteiger partial charge in [-0.2, -0.15) is 17.5 Å². The molecule has 1 aliphatic heterocycles. The third kappa shape index (κ3) is 4.40. The van der Waals surface area contributed by atoms with E-state index in [9.17, 15) is 31.5 Å². The van der Waals surface area contributed by atoms with Crippen molar-refractivity contribution < 1.29 is 31.5 Å². The average molecular weight is 463 g/mol. The van der Waals surface area contributed by atoms with E-state index >= 15 is 0 Å². The van der Waals surface area contributed by atoms with E-state index in [0.717, 1.165) is 15.9 Å². The van der Waals surface area contributed by atoms with Gasteiger partial charge in [-0.25, -0.2) is 8.42 Å². The van der Waals surface area contributed by atoms with Crippen LogP contribution < -0.4 is 0 Å². The maximum absolute atomic E-state index is 13.0. The van der Waals surface area contributed by atoms with Crippen molar-refractivity contribution in [2.45, 2.75) is 18.0 Å². The molecule has 30 heavy (non-hydrogen) atoms. The van der Waals surface area contributed by atoms with Gasteiger partial charge < -0.3 is 10.0 Å². The summed E-state index contributed by atoms with van der Waals surface area (Å²) in [7, 11) is -4.29. The summed E-state index contributed by atoms with van der Waals surface area (Å²) in [6.07, 6.45) is -4.71. The Hall–Kier alpha value is -2.30. The Bertz CT molecular complexity index is 1080. The number of halogens is 4. The van der Waals surface area contributed by atoms with E-state index in [1.807, 2.05) is 0 Å². The molecule has 0 saturated carbocycles. The summed E-state index contributed by atoms with van der Waals surface area (Å²) in [4.78, 5) is 13.4. The first-order valence-corrected chi connectivity index (χ1v) is 10.7. The molecule has 162 valence electrons. The summed E-state index contributed by atoms with van der Waals surface area (Å²) in [5.41, 5.74) is -0.238. The van der Waals surface area contributed by atoms with Crippen molar-refractivity contribution in [3.63, 3.8) is 0 Å². The van der Waals surface area contributed by atoms with Crippen LogP contribution in [0, 0.1) is 6.92 Å². The summed E-state index contributed by atoms with van der Waals surface area (Å²) >= 11 is 5.88. The van der Waals surface area contributed by atoms with E-state index in [4.69, 9.17) is 11.6 Å². The smallest absolute Gasteiger partial charge is 0.416 e. The van der Waals surface area contributed by atoms with Gasteiger partial charge in [0.2, 0.25) is 10.0 Å². The molecule has 1 N–H and O–H groups in total. The number of benzene rings is 2. The molecule has 0 aromatic heterocycles. The molecule has 0 atom stereocenters. The second-order valence-corrected chi connectivity index (χ2v) is 9.17. The molecule has 0 radical (unpaired) electrons. The highest BCUT2D eigenvalue weighted by Crippen LogP contribution is 2.34. The quantitative estimate of drug-likeness (QED) is 0.757. The molecule has 1 heterocycles. The Labute approximate surface area is 176 Å². The van der Waals surface area contributed by atoms with Crippen LogP contribution in [0.15, 0.2) is 41.3 Å². The molecule has 1 saturated heterocycles. The van der Waals surface area contributed by atoms with E-state index in [1.54, 1.807) is 13.0 Å². The Balaban J connectivity index is 1.79. The average Bonchev–Trinajstić information content (AvgIpc) is 2.68. The number of alkyl halides is 3. The number of hydrogen-bond donors (Lipinski definition) is 1. The topological polar surface area (TPSA) is 77.9 Å². The Morgan fingerprint density at radius 3 is 2.30 bits per heavy atom. The van der Waals surface area contributed by atoms with E-state index in [-0.39, 0.29) is 42.5 Å². The lowest BCUT2D eigenvalue weighted by atomic mass is 10.1. The molecule has 0 bridgehead atoms. The maximum Gasteiger partial charge on any atom is 0.416 e. The van der Waals surface area contributed by atoms with Crippen molar-refractivity contribution in [1.29, 1.82) is 0 Å². The van der Waals surface area contributed by atoms with E-state index in [2.05, 4.69) is 0 Å². The SMILES string of the molecule is Cc1ccc(O)c(C(=O)N2CCN(S(=O)(=O)c3cc(C(F)(F)F)ccc3Cl)CC2)c1. The molecule has 0 aliphatic carbocycles. The zero-order valence-corrected chi connectivity index (χ0v) is 17.4. The number of piperazine rings is 1. The van der Waals surface area contributed by atoms with E-state index < -0.39 is 32.6 Å². The van der Waals surface area contributed by atoms with Crippen molar-refractivity contribution in [1.82, 2.24) is 9.21 Å². The minimum absolute atomic E-state index is 0.0159. The zero-order valence-electron chi connectivity index (χ0n) is 15.8. The number of phenolic OH excluding ortho intramolecular Hbond substituents is 1. The normalized spacial score (nSPS) is 16.0. The second kappa shape index (κ2) is 8.09. The van der Waals surface area contributed by atoms with Crippen molar-refractivity contribution >= 4 is 27.5 Å². The van der Waals surface area contributed by atoms with Crippen LogP contribution >= 0.6 is 11.6 Å². The third-order valence-electron chi connectivity index (χ3n) is 4.78. The molecular weight excluding hydrogens is 445 g/mol. The van der Waals surface area contributed by atoms with Crippen LogP contribution in [0.1, 0.15) is 21.5 Å². The van der Waals surface area contributed by atoms with Gasteiger partial charge in [-0.15, -0.1) is 0 Å². The second-order valence-electron chi connectivity index (χ2n) is 6.86. The predicted octanol–water partition coefficient (Wildman–Crippen LogP) is 3.52. The molecule has 3 rings (SSSR count). The molecule has 1 aliphatic rings. The number of aromatic hydroxyl groups is 1. The van der Waals surface area contributed by atoms with Gasteiger partial charge >= 0.3 is 6.18 Å². The van der Waals surface area contributed by atoms with Crippen LogP contribution in [0.4, 0.5) is 13.2 Å². The zero-order chi connectivity index (χ0) is 22.3. The van der Waals surface area contributed by atoms with Gasteiger partial charge in [0.1, 0.15) is 10.6 Å². The van der Waals surface area contributed by atoms with Crippen molar-refractivity contribution in [2.75, 3.05) is 26.2 Å². The van der Waals surface area contributed by atoms with E-state index in [0.29, 0.717) is 12.1 Å². The number of sulfonamides is 1. The lowest BCUT2D eigenvalue weighted by molar-refractivity contribution is -0.137. The van der Waals surface area contributed by atoms with Crippen LogP contribution in [0.25, 0.3) is 0 Å². The Morgan fingerprint density at radius 2 is 1.70 bits per heavy atom. The number of carbonyl (C=O) groups excluding carboxylic acids is 1. The predicted molar refractivity (Wildman–Crippen MR) is 104 cm³/mol. The number of rotatable bonds is 3. The molecule has 6 nitrogen and oxygen atoms in total. The number of aryl methyl sites for hydroxylation is 1. The highest BCUT2D eigenvalue weighted by Gasteiger charge is 2.36. The van der Waals surface area contributed by atoms with Gasteiger partial charge in [-0.05, 0) is 37.3 Å². The number of nitrogens with zero attached hydrogens (tertiary/aromatic N) is 2. The molecule has 2 aromatic carbocycles. The van der Waals surface area contributed by atoms with Gasteiger partial charge in [-0.1, -0.05) is 23.2 Å². The lowest BCUT2D eigenvalue weighted by Gasteiger charge is -2.34. The van der Waals surface area contributed by atoms with Gasteiger partial charge in [0, 0.05) is 26.2 Å². The number of carbonyl (C=O) groups is 1. The summed E-state index contributed by atoms with van der Waals surface area (Å²) in [5, 5.41) is 9.61. The van der Waals surface area contributed by atoms with Gasteiger partial charge in [0.15, 0.2) is 0 Å². The van der Waals surface area contributed by atoms with Crippen molar-refractivity contribution in [3.05, 3.63) is 58.1 Å². The maximum atomic E-state index is 13.0. The molecule has 0 spiro atoms. The largest absolute Gasteiger partial charge is 0.507 e. The van der Waals surface area contributed by atoms with Crippen LogP contribution in [-0.4, -0.2) is 54.8 Å². The Kier molecular flexibility index (Phi) is 6.03. The molecule has 1 fully saturated rings. The van der Waals surface area contributed by atoms with Gasteiger partial charge in [-0.3, -0.25) is 4.79 Å². The molecule has 1 amide bonds. The fourth-order valence-corrected chi connectivity index (χ4v) is 5.06. The molecule has 0 unspecified atom stereocenters. The van der Waals surface area contributed by atoms with E-state index in [1.165, 1.54) is 17.0 Å². The number of hydrogen-bond acceptors (Lipinski definition) is 4. The first kappa shape index (κ1) is 22.4. The third-order valence-corrected chi connectivity index (χ3v) is 7.16. The summed E-state index contributed by atoms with van der Waals surface area (Å²) in [6, 6.07) is 6.71. The standard InChI is InChI=1S/C19H18ClF3N2O4S/c1-12-2-5-16(26)14(10-12)18(27)24-6-8-25(9-7-24)30(28,29)17-11-13(19(21,22)23)3-4-15(17)20/h2-5,10-11,26H,6-9H2,1H3. The van der Waals surface area contributed by atoms with Crippen LogP contribution in [0.3, 0.4) is 0 Å². The molecular formula is C19H18ClF3N2O4S. The minimum Gasteiger partial charge on any atom is -0.507 e. The highest BCUT2D eigenvalue weighted by molar-refractivity contribution is 7.89. The lowest BCUT2D eigenvalue weighted by Crippen LogP contribution is -2.50.